The summed E-state index contributed by atoms with van der Waals surface area (Å²) in [6, 6.07) is 14.0. The van der Waals surface area contributed by atoms with Crippen LogP contribution in [0.2, 0.25) is 0 Å². The molecular formula is C22H20O2. The Morgan fingerprint density at radius 1 is 1.12 bits per heavy atom. The molecule has 2 heteroatoms. The number of rotatable bonds is 5. The maximum absolute atomic E-state index is 12.0. The summed E-state index contributed by atoms with van der Waals surface area (Å²) in [6.45, 7) is 0. The summed E-state index contributed by atoms with van der Waals surface area (Å²) in [5, 5.41) is 2.20. The fraction of sp³-hybridized carbons (Fsp3) is 0.227. The average Bonchev–Trinajstić information content (AvgIpc) is 2.63. The number of methoxy groups -OCH3 is 1. The fourth-order valence-electron chi connectivity index (χ4n) is 2.39. The molecule has 24 heavy (non-hydrogen) atoms. The largest absolute Gasteiger partial charge is 0.465 e. The smallest absolute Gasteiger partial charge is 0.346 e. The molecule has 0 saturated carbocycles. The highest BCUT2D eigenvalue weighted by molar-refractivity contribution is 6.01. The number of fused-ring (bicyclic) bond motifs is 1. The van der Waals surface area contributed by atoms with Crippen LogP contribution in [-0.2, 0) is 9.53 Å². The summed E-state index contributed by atoms with van der Waals surface area (Å²) in [5.74, 6) is 8.18. The van der Waals surface area contributed by atoms with Crippen molar-refractivity contribution in [3.05, 3.63) is 53.6 Å². The van der Waals surface area contributed by atoms with Crippen LogP contribution in [0.15, 0.2) is 48.0 Å². The Balaban J connectivity index is 2.27. The van der Waals surface area contributed by atoms with Gasteiger partial charge in [-0.2, -0.15) is 0 Å². The van der Waals surface area contributed by atoms with E-state index in [1.165, 1.54) is 7.11 Å². The van der Waals surface area contributed by atoms with Crippen molar-refractivity contribution in [2.75, 3.05) is 7.11 Å². The van der Waals surface area contributed by atoms with Gasteiger partial charge in [-0.15, -0.1) is 12.3 Å². The molecule has 0 aliphatic heterocycles. The van der Waals surface area contributed by atoms with Crippen molar-refractivity contribution in [2.45, 2.75) is 25.7 Å². The first kappa shape index (κ1) is 17.4. The van der Waals surface area contributed by atoms with E-state index in [4.69, 9.17) is 11.2 Å². The molecule has 0 saturated heterocycles. The zero-order valence-corrected chi connectivity index (χ0v) is 13.8. The third kappa shape index (κ3) is 4.77. The molecular weight excluding hydrogens is 296 g/mol. The van der Waals surface area contributed by atoms with Gasteiger partial charge in [0.15, 0.2) is 0 Å². The zero-order chi connectivity index (χ0) is 17.2. The molecule has 0 amide bonds. The molecule has 0 aliphatic rings. The van der Waals surface area contributed by atoms with Crippen molar-refractivity contribution in [1.29, 1.82) is 0 Å². The first-order valence-corrected chi connectivity index (χ1v) is 7.96. The molecule has 0 aliphatic carbocycles. The molecule has 0 unspecified atom stereocenters. The number of esters is 1. The quantitative estimate of drug-likeness (QED) is 0.349. The van der Waals surface area contributed by atoms with Gasteiger partial charge in [0, 0.05) is 12.8 Å². The Kier molecular flexibility index (Phi) is 6.69. The minimum atomic E-state index is -0.418. The molecule has 2 aromatic rings. The molecule has 0 N–H and O–H groups in total. The number of terminal acetylenes is 1. The maximum Gasteiger partial charge on any atom is 0.346 e. The van der Waals surface area contributed by atoms with Crippen LogP contribution < -0.4 is 0 Å². The number of ether oxygens (including phenoxy) is 1. The normalized spacial score (nSPS) is 10.6. The van der Waals surface area contributed by atoms with Crippen molar-refractivity contribution in [2.24, 2.45) is 0 Å². The molecule has 0 radical (unpaired) electrons. The lowest BCUT2D eigenvalue weighted by molar-refractivity contribution is -0.135. The second-order valence-electron chi connectivity index (χ2n) is 5.33. The molecule has 2 nitrogen and oxygen atoms in total. The number of hydrogen-bond donors (Lipinski definition) is 0. The Hall–Kier alpha value is -2.97. The van der Waals surface area contributed by atoms with Crippen LogP contribution in [0.4, 0.5) is 0 Å². The summed E-state index contributed by atoms with van der Waals surface area (Å²) in [5.41, 5.74) is 1.32. The van der Waals surface area contributed by atoms with Crippen LogP contribution in [0.5, 0.6) is 0 Å². The standard InChI is InChI=1S/C22H20O2/c1-3-4-5-6-7-8-13-20(22(23)24-2)17-19-15-11-14-18-12-9-10-16-21(18)19/h1,9-12,14-17H,4-7H2,2H3/b20-17+. The van der Waals surface area contributed by atoms with Crippen LogP contribution in [-0.4, -0.2) is 13.1 Å². The predicted octanol–water partition coefficient (Wildman–Crippen LogP) is 4.59. The van der Waals surface area contributed by atoms with Crippen molar-refractivity contribution in [3.8, 4) is 24.2 Å². The minimum Gasteiger partial charge on any atom is -0.465 e. The van der Waals surface area contributed by atoms with Crippen LogP contribution >= 0.6 is 0 Å². The lowest BCUT2D eigenvalue weighted by Crippen LogP contribution is -2.03. The number of carbonyl (C=O) groups is 1. The first-order valence-electron chi connectivity index (χ1n) is 7.96. The molecule has 120 valence electrons. The van der Waals surface area contributed by atoms with E-state index >= 15 is 0 Å². The van der Waals surface area contributed by atoms with Gasteiger partial charge in [0.1, 0.15) is 5.57 Å². The molecule has 0 atom stereocenters. The van der Waals surface area contributed by atoms with Gasteiger partial charge in [-0.3, -0.25) is 0 Å². The number of benzene rings is 2. The summed E-state index contributed by atoms with van der Waals surface area (Å²) in [7, 11) is 1.37. The summed E-state index contributed by atoms with van der Waals surface area (Å²) in [6.07, 6.45) is 10.4. The van der Waals surface area contributed by atoms with E-state index in [1.54, 1.807) is 6.08 Å². The Bertz CT molecular complexity index is 836. The van der Waals surface area contributed by atoms with Crippen molar-refractivity contribution in [1.82, 2.24) is 0 Å². The van der Waals surface area contributed by atoms with Crippen molar-refractivity contribution in [3.63, 3.8) is 0 Å². The van der Waals surface area contributed by atoms with Gasteiger partial charge in [-0.25, -0.2) is 4.79 Å². The van der Waals surface area contributed by atoms with Crippen LogP contribution in [0.3, 0.4) is 0 Å². The second-order valence-corrected chi connectivity index (χ2v) is 5.33. The average molecular weight is 316 g/mol. The molecule has 0 aromatic heterocycles. The number of hydrogen-bond acceptors (Lipinski definition) is 2. The number of carbonyl (C=O) groups excluding carboxylic acids is 1. The predicted molar refractivity (Wildman–Crippen MR) is 99.0 cm³/mol. The van der Waals surface area contributed by atoms with Gasteiger partial charge >= 0.3 is 5.97 Å². The maximum atomic E-state index is 12.0. The lowest BCUT2D eigenvalue weighted by Gasteiger charge is -2.03. The van der Waals surface area contributed by atoms with E-state index in [2.05, 4.69) is 17.8 Å². The topological polar surface area (TPSA) is 26.3 Å². The highest BCUT2D eigenvalue weighted by Gasteiger charge is 2.08. The molecule has 2 rings (SSSR count). The summed E-state index contributed by atoms with van der Waals surface area (Å²) in [4.78, 5) is 12.0. The SMILES string of the molecule is C#CCCCCC#C/C(=C\c1cccc2ccccc12)C(=O)OC. The van der Waals surface area contributed by atoms with Gasteiger partial charge in [0.05, 0.1) is 7.11 Å². The second kappa shape index (κ2) is 9.23. The highest BCUT2D eigenvalue weighted by Crippen LogP contribution is 2.21. The first-order chi connectivity index (χ1) is 11.8. The Labute approximate surface area is 143 Å². The third-order valence-electron chi connectivity index (χ3n) is 3.62. The zero-order valence-electron chi connectivity index (χ0n) is 13.8. The molecule has 0 heterocycles. The molecule has 0 fully saturated rings. The van der Waals surface area contributed by atoms with E-state index in [0.29, 0.717) is 12.0 Å². The van der Waals surface area contributed by atoms with Gasteiger partial charge in [0.25, 0.3) is 0 Å². The Morgan fingerprint density at radius 2 is 1.88 bits per heavy atom. The van der Waals surface area contributed by atoms with Crippen molar-refractivity contribution < 1.29 is 9.53 Å². The molecule has 0 bridgehead atoms. The highest BCUT2D eigenvalue weighted by atomic mass is 16.5. The van der Waals surface area contributed by atoms with Crippen LogP contribution in [0.1, 0.15) is 31.2 Å². The lowest BCUT2D eigenvalue weighted by atomic mass is 10.0. The van der Waals surface area contributed by atoms with Crippen molar-refractivity contribution >= 4 is 22.8 Å². The van der Waals surface area contributed by atoms with Gasteiger partial charge < -0.3 is 4.74 Å². The van der Waals surface area contributed by atoms with E-state index in [9.17, 15) is 4.79 Å². The molecule has 2 aromatic carbocycles. The fourth-order valence-corrected chi connectivity index (χ4v) is 2.39. The van der Waals surface area contributed by atoms with Gasteiger partial charge in [0.2, 0.25) is 0 Å². The summed E-state index contributed by atoms with van der Waals surface area (Å²) < 4.78 is 4.86. The van der Waals surface area contributed by atoms with E-state index < -0.39 is 5.97 Å². The van der Waals surface area contributed by atoms with Gasteiger partial charge in [-0.1, -0.05) is 54.3 Å². The van der Waals surface area contributed by atoms with E-state index in [-0.39, 0.29) is 0 Å². The minimum absolute atomic E-state index is 0.366. The van der Waals surface area contributed by atoms with Gasteiger partial charge in [-0.05, 0) is 35.3 Å². The summed E-state index contributed by atoms with van der Waals surface area (Å²) >= 11 is 0. The Morgan fingerprint density at radius 3 is 2.67 bits per heavy atom. The molecule has 0 spiro atoms. The van der Waals surface area contributed by atoms with E-state index in [1.807, 2.05) is 42.5 Å². The third-order valence-corrected chi connectivity index (χ3v) is 3.62. The monoisotopic (exact) mass is 316 g/mol. The van der Waals surface area contributed by atoms with E-state index in [0.717, 1.165) is 35.6 Å². The van der Waals surface area contributed by atoms with Crippen LogP contribution in [0, 0.1) is 24.2 Å². The van der Waals surface area contributed by atoms with Crippen LogP contribution in [0.25, 0.3) is 16.8 Å². The number of unbranched alkanes of at least 4 members (excludes halogenated alkanes) is 3.